The average molecular weight is 525 g/mol. The molecule has 0 saturated heterocycles. The van der Waals surface area contributed by atoms with Crippen molar-refractivity contribution in [2.75, 3.05) is 5.73 Å². The van der Waals surface area contributed by atoms with E-state index >= 15 is 0 Å². The fourth-order valence-electron chi connectivity index (χ4n) is 3.00. The van der Waals surface area contributed by atoms with E-state index in [1.807, 2.05) is 13.0 Å². The lowest BCUT2D eigenvalue weighted by molar-refractivity contribution is 0.0993. The zero-order chi connectivity index (χ0) is 21.6. The Labute approximate surface area is 193 Å². The Hall–Kier alpha value is -2.53. The molecule has 1 aromatic carbocycles. The number of rotatable bonds is 4. The summed E-state index contributed by atoms with van der Waals surface area (Å²) in [5.41, 5.74) is 14.3. The van der Waals surface area contributed by atoms with E-state index in [9.17, 15) is 4.79 Å². The number of primary amides is 1. The van der Waals surface area contributed by atoms with E-state index in [1.165, 1.54) is 22.1 Å². The van der Waals surface area contributed by atoms with E-state index in [1.54, 1.807) is 18.2 Å². The largest absolute Gasteiger partial charge is 0.374 e. The highest BCUT2D eigenvalue weighted by molar-refractivity contribution is 9.10. The summed E-state index contributed by atoms with van der Waals surface area (Å²) >= 11 is 17.2. The molecule has 4 N–H and O–H groups in total. The van der Waals surface area contributed by atoms with Gasteiger partial charge in [-0.15, -0.1) is 10.2 Å². The number of benzene rings is 1. The van der Waals surface area contributed by atoms with Crippen LogP contribution in [0.1, 0.15) is 16.1 Å². The van der Waals surface area contributed by atoms with Gasteiger partial charge in [-0.3, -0.25) is 4.79 Å². The SMILES string of the molecule is Cc1cc(Cl)cc(-c2nnc(N)s2)c1-c1ccc(Cl)c(-n2nc(Br)cc2C(N)=O)n1. The molecular weight excluding hydrogens is 513 g/mol. The van der Waals surface area contributed by atoms with Gasteiger partial charge in [0, 0.05) is 22.2 Å². The maximum atomic E-state index is 11.8. The summed E-state index contributed by atoms with van der Waals surface area (Å²) in [5, 5.41) is 14.1. The Morgan fingerprint density at radius 3 is 2.63 bits per heavy atom. The van der Waals surface area contributed by atoms with Crippen molar-refractivity contribution in [3.8, 4) is 27.6 Å². The van der Waals surface area contributed by atoms with Crippen LogP contribution in [-0.2, 0) is 0 Å². The fourth-order valence-corrected chi connectivity index (χ4v) is 4.47. The molecule has 3 heterocycles. The molecule has 0 saturated carbocycles. The molecule has 8 nitrogen and oxygen atoms in total. The summed E-state index contributed by atoms with van der Waals surface area (Å²) in [6.45, 7) is 1.91. The highest BCUT2D eigenvalue weighted by atomic mass is 79.9. The lowest BCUT2D eigenvalue weighted by Gasteiger charge is -2.14. The van der Waals surface area contributed by atoms with Crippen molar-refractivity contribution in [2.45, 2.75) is 6.92 Å². The minimum atomic E-state index is -0.663. The molecule has 0 aliphatic rings. The standard InChI is InChI=1S/C18H12BrCl2N7OS/c1-7-4-8(20)5-9(17-25-26-18(23)30-17)14(7)11-3-2-10(21)16(24-11)28-12(15(22)29)6-13(19)27-28/h2-6H,1H3,(H2,22,29)(H2,23,26). The number of nitrogens with zero attached hydrogens (tertiary/aromatic N) is 5. The smallest absolute Gasteiger partial charge is 0.267 e. The molecule has 0 aliphatic carbocycles. The predicted octanol–water partition coefficient (Wildman–Crippen LogP) is 4.51. The Morgan fingerprint density at radius 1 is 1.20 bits per heavy atom. The fraction of sp³-hybridized carbons (Fsp3) is 0.0556. The molecule has 0 aliphatic heterocycles. The first-order chi connectivity index (χ1) is 14.2. The van der Waals surface area contributed by atoms with Crippen LogP contribution in [0.25, 0.3) is 27.6 Å². The van der Waals surface area contributed by atoms with Crippen LogP contribution in [0.4, 0.5) is 5.13 Å². The van der Waals surface area contributed by atoms with Gasteiger partial charge in [0.15, 0.2) is 5.82 Å². The molecule has 1 amide bonds. The number of nitrogen functional groups attached to an aromatic ring is 1. The monoisotopic (exact) mass is 523 g/mol. The minimum absolute atomic E-state index is 0.137. The number of nitrogens with two attached hydrogens (primary N) is 2. The Bertz CT molecular complexity index is 1300. The van der Waals surface area contributed by atoms with Crippen molar-refractivity contribution >= 4 is 61.5 Å². The predicted molar refractivity (Wildman–Crippen MR) is 121 cm³/mol. The quantitative estimate of drug-likeness (QED) is 0.404. The number of anilines is 1. The maximum absolute atomic E-state index is 11.8. The zero-order valence-corrected chi connectivity index (χ0v) is 19.1. The van der Waals surface area contributed by atoms with E-state index in [4.69, 9.17) is 34.7 Å². The summed E-state index contributed by atoms with van der Waals surface area (Å²) in [4.78, 5) is 16.5. The molecule has 30 heavy (non-hydrogen) atoms. The summed E-state index contributed by atoms with van der Waals surface area (Å²) in [6, 6.07) is 8.53. The van der Waals surface area contributed by atoms with E-state index in [-0.39, 0.29) is 11.5 Å². The number of aryl methyl sites for hydroxylation is 1. The summed E-state index contributed by atoms with van der Waals surface area (Å²) in [7, 11) is 0. The maximum Gasteiger partial charge on any atom is 0.267 e. The number of aromatic nitrogens is 5. The van der Waals surface area contributed by atoms with Gasteiger partial charge in [0.1, 0.15) is 15.3 Å². The van der Waals surface area contributed by atoms with Crippen LogP contribution in [-0.4, -0.2) is 30.9 Å². The van der Waals surface area contributed by atoms with Crippen molar-refractivity contribution in [2.24, 2.45) is 5.73 Å². The number of carbonyl (C=O) groups excluding carboxylic acids is 1. The molecule has 12 heteroatoms. The molecule has 0 fully saturated rings. The lowest BCUT2D eigenvalue weighted by Crippen LogP contribution is -2.17. The van der Waals surface area contributed by atoms with Crippen LogP contribution in [0, 0.1) is 6.92 Å². The Kier molecular flexibility index (Phi) is 5.49. The molecule has 0 bridgehead atoms. The number of hydrogen-bond donors (Lipinski definition) is 2. The van der Waals surface area contributed by atoms with Crippen molar-refractivity contribution < 1.29 is 4.79 Å². The van der Waals surface area contributed by atoms with Crippen molar-refractivity contribution in [3.05, 3.63) is 56.2 Å². The highest BCUT2D eigenvalue weighted by Crippen LogP contribution is 2.39. The van der Waals surface area contributed by atoms with Crippen LogP contribution in [0.15, 0.2) is 34.9 Å². The molecule has 0 radical (unpaired) electrons. The molecule has 0 spiro atoms. The first-order valence-electron chi connectivity index (χ1n) is 8.36. The first kappa shape index (κ1) is 20.7. The van der Waals surface area contributed by atoms with Crippen LogP contribution in [0.5, 0.6) is 0 Å². The normalized spacial score (nSPS) is 11.1. The molecule has 0 atom stereocenters. The summed E-state index contributed by atoms with van der Waals surface area (Å²) < 4.78 is 1.72. The van der Waals surface area contributed by atoms with Gasteiger partial charge in [-0.25, -0.2) is 9.67 Å². The third kappa shape index (κ3) is 3.79. The van der Waals surface area contributed by atoms with E-state index in [0.29, 0.717) is 30.5 Å². The summed E-state index contributed by atoms with van der Waals surface area (Å²) in [6.07, 6.45) is 0. The van der Waals surface area contributed by atoms with Gasteiger partial charge in [-0.1, -0.05) is 34.5 Å². The topological polar surface area (TPSA) is 126 Å². The van der Waals surface area contributed by atoms with E-state index in [2.05, 4.69) is 36.2 Å². The molecule has 4 rings (SSSR count). The van der Waals surface area contributed by atoms with Crippen LogP contribution in [0.3, 0.4) is 0 Å². The Morgan fingerprint density at radius 2 is 1.97 bits per heavy atom. The van der Waals surface area contributed by atoms with E-state index < -0.39 is 5.91 Å². The first-order valence-corrected chi connectivity index (χ1v) is 10.7. The molecule has 4 aromatic rings. The number of halogens is 3. The number of amides is 1. The van der Waals surface area contributed by atoms with Gasteiger partial charge in [0.2, 0.25) is 5.13 Å². The second-order valence-corrected chi connectivity index (χ2v) is 8.89. The number of pyridine rings is 1. The van der Waals surface area contributed by atoms with Gasteiger partial charge in [-0.2, -0.15) is 5.10 Å². The molecule has 152 valence electrons. The van der Waals surface area contributed by atoms with Crippen LogP contribution in [0.2, 0.25) is 10.0 Å². The van der Waals surface area contributed by atoms with Crippen molar-refractivity contribution in [1.82, 2.24) is 25.0 Å². The molecule has 0 unspecified atom stereocenters. The number of carbonyl (C=O) groups is 1. The third-order valence-corrected chi connectivity index (χ3v) is 5.87. The Balaban J connectivity index is 1.96. The second kappa shape index (κ2) is 7.95. The number of hydrogen-bond acceptors (Lipinski definition) is 7. The average Bonchev–Trinajstić information content (AvgIpc) is 3.28. The van der Waals surface area contributed by atoms with Gasteiger partial charge in [0.25, 0.3) is 5.91 Å². The zero-order valence-electron chi connectivity index (χ0n) is 15.2. The lowest BCUT2D eigenvalue weighted by atomic mass is 9.98. The van der Waals surface area contributed by atoms with E-state index in [0.717, 1.165) is 16.7 Å². The van der Waals surface area contributed by atoms with Crippen LogP contribution < -0.4 is 11.5 Å². The summed E-state index contributed by atoms with van der Waals surface area (Å²) in [5.74, 6) is -0.407. The molecular formula is C18H12BrCl2N7OS. The van der Waals surface area contributed by atoms with Gasteiger partial charge in [0.05, 0.1) is 10.7 Å². The van der Waals surface area contributed by atoms with Gasteiger partial charge < -0.3 is 11.5 Å². The van der Waals surface area contributed by atoms with Crippen molar-refractivity contribution in [3.63, 3.8) is 0 Å². The molecule has 3 aromatic heterocycles. The highest BCUT2D eigenvalue weighted by Gasteiger charge is 2.21. The van der Waals surface area contributed by atoms with Crippen molar-refractivity contribution in [1.29, 1.82) is 0 Å². The van der Waals surface area contributed by atoms with Crippen LogP contribution >= 0.6 is 50.5 Å². The third-order valence-electron chi connectivity index (χ3n) is 4.19. The second-order valence-electron chi connectivity index (χ2n) is 6.22. The van der Waals surface area contributed by atoms with Gasteiger partial charge in [-0.05, 0) is 52.7 Å². The minimum Gasteiger partial charge on any atom is -0.374 e. The van der Waals surface area contributed by atoms with Gasteiger partial charge >= 0.3 is 0 Å².